The number of nitrogens with zero attached hydrogens (tertiary/aromatic N) is 3. The molecule has 14 heavy (non-hydrogen) atoms. The highest BCUT2D eigenvalue weighted by atomic mass is 14.8. The Balaban J connectivity index is 2.23. The Kier molecular flexibility index (Phi) is 2.20. The quantitative estimate of drug-likeness (QED) is 0.727. The summed E-state index contributed by atoms with van der Waals surface area (Å²) in [4.78, 5) is 7.93. The maximum Gasteiger partial charge on any atom is 0.115 e. The molecule has 0 aliphatic heterocycles. The molecule has 3 nitrogen and oxygen atoms in total. The second kappa shape index (κ2) is 3.38. The first-order valence-electron chi connectivity index (χ1n) is 4.91. The fraction of sp³-hybridized carbons (Fsp3) is 0.545. The number of aromatic nitrogens is 2. The van der Waals surface area contributed by atoms with Crippen molar-refractivity contribution in [1.82, 2.24) is 9.97 Å². The van der Waals surface area contributed by atoms with Crippen LogP contribution in [0.15, 0.2) is 18.7 Å². The van der Waals surface area contributed by atoms with Gasteiger partial charge in [0.25, 0.3) is 0 Å². The van der Waals surface area contributed by atoms with Crippen LogP contribution in [0.5, 0.6) is 0 Å². The van der Waals surface area contributed by atoms with E-state index in [-0.39, 0.29) is 0 Å². The predicted octanol–water partition coefficient (Wildman–Crippen LogP) is 2.06. The molecule has 1 aliphatic rings. The topological polar surface area (TPSA) is 49.6 Å². The first-order valence-corrected chi connectivity index (χ1v) is 4.91. The number of hydrogen-bond acceptors (Lipinski definition) is 3. The highest BCUT2D eigenvalue weighted by molar-refractivity contribution is 5.27. The van der Waals surface area contributed by atoms with E-state index in [0.29, 0.717) is 0 Å². The average Bonchev–Trinajstić information content (AvgIpc) is 3.03. The zero-order valence-corrected chi connectivity index (χ0v) is 8.27. The van der Waals surface area contributed by atoms with Gasteiger partial charge in [-0.15, -0.1) is 0 Å². The highest BCUT2D eigenvalue weighted by Gasteiger charge is 2.35. The van der Waals surface area contributed by atoms with Gasteiger partial charge in [-0.05, 0) is 19.3 Å². The zero-order chi connectivity index (χ0) is 10.0. The zero-order valence-electron chi connectivity index (χ0n) is 8.27. The average molecular weight is 187 g/mol. The lowest BCUT2D eigenvalue weighted by Crippen LogP contribution is -2.20. The molecule has 0 bridgehead atoms. The molecule has 3 heteroatoms. The van der Waals surface area contributed by atoms with Gasteiger partial charge in [0.2, 0.25) is 0 Å². The minimum absolute atomic E-state index is 0.400. The summed E-state index contributed by atoms with van der Waals surface area (Å²) in [6.07, 6.45) is 8.47. The van der Waals surface area contributed by atoms with Crippen LogP contribution in [0.1, 0.15) is 31.7 Å². The molecule has 0 radical (unpaired) electrons. The van der Waals surface area contributed by atoms with E-state index >= 15 is 0 Å². The van der Waals surface area contributed by atoms with E-state index in [1.807, 2.05) is 6.92 Å². The Labute approximate surface area is 83.8 Å². The van der Waals surface area contributed by atoms with Gasteiger partial charge >= 0.3 is 0 Å². The fourth-order valence-electron chi connectivity index (χ4n) is 1.71. The standard InChI is InChI=1S/C11H13N3/c1-11(7-12,4-9-2-3-9)10-5-13-8-14-6-10/h5-6,8-9H,2-4H2,1H3/t11-/m1/s1. The first kappa shape index (κ1) is 9.14. The van der Waals surface area contributed by atoms with Gasteiger partial charge in [0, 0.05) is 18.0 Å². The van der Waals surface area contributed by atoms with Gasteiger partial charge in [0.1, 0.15) is 6.33 Å². The predicted molar refractivity (Wildman–Crippen MR) is 52.3 cm³/mol. The van der Waals surface area contributed by atoms with Gasteiger partial charge in [-0.2, -0.15) is 5.26 Å². The summed E-state index contributed by atoms with van der Waals surface area (Å²) >= 11 is 0. The summed E-state index contributed by atoms with van der Waals surface area (Å²) in [5, 5.41) is 9.21. The molecule has 1 aromatic rings. The molecule has 0 aromatic carbocycles. The van der Waals surface area contributed by atoms with Gasteiger partial charge in [-0.3, -0.25) is 0 Å². The third-order valence-electron chi connectivity index (χ3n) is 2.84. The summed E-state index contributed by atoms with van der Waals surface area (Å²) in [6, 6.07) is 2.39. The van der Waals surface area contributed by atoms with Gasteiger partial charge in [0.15, 0.2) is 0 Å². The molecule has 0 N–H and O–H groups in total. The molecule has 2 rings (SSSR count). The SMILES string of the molecule is C[C@](C#N)(CC1CC1)c1cncnc1. The van der Waals surface area contributed by atoms with Gasteiger partial charge in [0.05, 0.1) is 11.5 Å². The molecular weight excluding hydrogens is 174 g/mol. The van der Waals surface area contributed by atoms with Gasteiger partial charge in [-0.25, -0.2) is 9.97 Å². The molecule has 1 aliphatic carbocycles. The molecule has 0 spiro atoms. The van der Waals surface area contributed by atoms with Crippen LogP contribution in [-0.2, 0) is 5.41 Å². The third-order valence-corrected chi connectivity index (χ3v) is 2.84. The van der Waals surface area contributed by atoms with Crippen molar-refractivity contribution >= 4 is 0 Å². The van der Waals surface area contributed by atoms with Crippen molar-refractivity contribution in [3.63, 3.8) is 0 Å². The Morgan fingerprint density at radius 1 is 1.50 bits per heavy atom. The fourth-order valence-corrected chi connectivity index (χ4v) is 1.71. The van der Waals surface area contributed by atoms with Crippen LogP contribution >= 0.6 is 0 Å². The van der Waals surface area contributed by atoms with Crippen LogP contribution in [0.4, 0.5) is 0 Å². The largest absolute Gasteiger partial charge is 0.244 e. The molecule has 0 saturated heterocycles. The first-order chi connectivity index (χ1) is 6.74. The van der Waals surface area contributed by atoms with E-state index in [1.54, 1.807) is 12.4 Å². The van der Waals surface area contributed by atoms with E-state index < -0.39 is 5.41 Å². The van der Waals surface area contributed by atoms with Crippen molar-refractivity contribution in [2.75, 3.05) is 0 Å². The summed E-state index contributed by atoms with van der Waals surface area (Å²) in [6.45, 7) is 1.98. The van der Waals surface area contributed by atoms with Crippen LogP contribution in [0.3, 0.4) is 0 Å². The molecule has 0 unspecified atom stereocenters. The van der Waals surface area contributed by atoms with E-state index in [9.17, 15) is 5.26 Å². The van der Waals surface area contributed by atoms with E-state index in [2.05, 4.69) is 16.0 Å². The molecule has 1 atom stereocenters. The Morgan fingerprint density at radius 3 is 2.64 bits per heavy atom. The van der Waals surface area contributed by atoms with E-state index in [1.165, 1.54) is 19.2 Å². The molecule has 1 aromatic heterocycles. The van der Waals surface area contributed by atoms with Crippen molar-refractivity contribution in [3.8, 4) is 6.07 Å². The second-order valence-electron chi connectivity index (χ2n) is 4.22. The normalized spacial score (nSPS) is 19.7. The van der Waals surface area contributed by atoms with Crippen LogP contribution in [-0.4, -0.2) is 9.97 Å². The van der Waals surface area contributed by atoms with Gasteiger partial charge in [-0.1, -0.05) is 12.8 Å². The molecule has 72 valence electrons. The van der Waals surface area contributed by atoms with Crippen molar-refractivity contribution in [2.24, 2.45) is 5.92 Å². The Morgan fingerprint density at radius 2 is 2.14 bits per heavy atom. The lowest BCUT2D eigenvalue weighted by atomic mass is 9.81. The summed E-state index contributed by atoms with van der Waals surface area (Å²) in [5.41, 5.74) is 0.539. The van der Waals surface area contributed by atoms with Crippen molar-refractivity contribution in [3.05, 3.63) is 24.3 Å². The lowest BCUT2D eigenvalue weighted by Gasteiger charge is -2.20. The highest BCUT2D eigenvalue weighted by Crippen LogP contribution is 2.41. The minimum Gasteiger partial charge on any atom is -0.244 e. The van der Waals surface area contributed by atoms with E-state index in [0.717, 1.165) is 17.9 Å². The number of rotatable bonds is 3. The lowest BCUT2D eigenvalue weighted by molar-refractivity contribution is 0.509. The smallest absolute Gasteiger partial charge is 0.115 e. The summed E-state index contributed by atoms with van der Waals surface area (Å²) < 4.78 is 0. The van der Waals surface area contributed by atoms with Crippen LogP contribution in [0.2, 0.25) is 0 Å². The minimum atomic E-state index is -0.400. The molecular formula is C11H13N3. The van der Waals surface area contributed by atoms with Crippen molar-refractivity contribution < 1.29 is 0 Å². The summed E-state index contributed by atoms with van der Waals surface area (Å²) in [7, 11) is 0. The van der Waals surface area contributed by atoms with Crippen LogP contribution < -0.4 is 0 Å². The monoisotopic (exact) mass is 187 g/mol. The maximum atomic E-state index is 9.21. The third kappa shape index (κ3) is 1.74. The number of hydrogen-bond donors (Lipinski definition) is 0. The Bertz CT molecular complexity index is 351. The molecule has 1 heterocycles. The molecule has 1 saturated carbocycles. The van der Waals surface area contributed by atoms with Crippen molar-refractivity contribution in [1.29, 1.82) is 5.26 Å². The van der Waals surface area contributed by atoms with E-state index in [4.69, 9.17) is 0 Å². The van der Waals surface area contributed by atoms with Crippen molar-refractivity contribution in [2.45, 2.75) is 31.6 Å². The van der Waals surface area contributed by atoms with Crippen LogP contribution in [0.25, 0.3) is 0 Å². The summed E-state index contributed by atoms with van der Waals surface area (Å²) in [5.74, 6) is 0.736. The van der Waals surface area contributed by atoms with Gasteiger partial charge < -0.3 is 0 Å². The molecule has 0 amide bonds. The maximum absolute atomic E-state index is 9.21. The molecule has 1 fully saturated rings. The number of nitriles is 1. The Hall–Kier alpha value is -1.43. The second-order valence-corrected chi connectivity index (χ2v) is 4.22. The van der Waals surface area contributed by atoms with Crippen LogP contribution in [0, 0.1) is 17.2 Å².